The van der Waals surface area contributed by atoms with Gasteiger partial charge in [-0.05, 0) is 18.6 Å². The molecule has 0 spiro atoms. The number of aromatic nitrogens is 5. The first-order valence-corrected chi connectivity index (χ1v) is 7.91. The van der Waals surface area contributed by atoms with Crippen LogP contribution in [0.5, 0.6) is 0 Å². The fraction of sp³-hybridized carbons (Fsp3) is 0.385. The van der Waals surface area contributed by atoms with E-state index in [4.69, 9.17) is 8.94 Å². The van der Waals surface area contributed by atoms with Gasteiger partial charge in [0.05, 0.1) is 12.0 Å². The minimum absolute atomic E-state index is 0.197. The second kappa shape index (κ2) is 6.65. The number of H-pyrrole nitrogens is 1. The van der Waals surface area contributed by atoms with Crippen molar-refractivity contribution >= 4 is 11.8 Å². The largest absolute Gasteiger partial charge is 0.461 e. The molecule has 0 bridgehead atoms. The van der Waals surface area contributed by atoms with E-state index in [0.29, 0.717) is 34.9 Å². The second-order valence-electron chi connectivity index (χ2n) is 4.59. The lowest BCUT2D eigenvalue weighted by Crippen LogP contribution is -2.17. The zero-order chi connectivity index (χ0) is 15.4. The molecule has 3 aromatic rings. The number of thioether (sulfide) groups is 1. The minimum Gasteiger partial charge on any atom is -0.461 e. The summed E-state index contributed by atoms with van der Waals surface area (Å²) >= 11 is 1.38. The van der Waals surface area contributed by atoms with Crippen molar-refractivity contribution in [3.8, 4) is 11.6 Å². The van der Waals surface area contributed by atoms with Crippen LogP contribution < -0.4 is 5.69 Å². The molecule has 22 heavy (non-hydrogen) atoms. The first-order valence-electron chi connectivity index (χ1n) is 6.92. The van der Waals surface area contributed by atoms with Crippen molar-refractivity contribution in [3.63, 3.8) is 0 Å². The highest BCUT2D eigenvalue weighted by atomic mass is 32.2. The molecule has 0 aromatic carbocycles. The van der Waals surface area contributed by atoms with Crippen molar-refractivity contribution in [2.75, 3.05) is 0 Å². The monoisotopic (exact) mass is 321 g/mol. The maximum Gasteiger partial charge on any atom is 0.343 e. The van der Waals surface area contributed by atoms with Gasteiger partial charge in [-0.3, -0.25) is 4.57 Å². The van der Waals surface area contributed by atoms with E-state index >= 15 is 0 Å². The number of rotatable bonds is 7. The highest BCUT2D eigenvalue weighted by Gasteiger charge is 2.14. The van der Waals surface area contributed by atoms with Gasteiger partial charge in [0, 0.05) is 6.54 Å². The Morgan fingerprint density at radius 3 is 3.14 bits per heavy atom. The number of aromatic amines is 1. The number of hydrogen-bond donors (Lipinski definition) is 1. The van der Waals surface area contributed by atoms with Crippen molar-refractivity contribution in [1.82, 2.24) is 24.9 Å². The van der Waals surface area contributed by atoms with Crippen molar-refractivity contribution in [2.24, 2.45) is 0 Å². The molecule has 0 fully saturated rings. The standard InChI is InChI=1S/C13H15N5O3S/c1-2-3-6-18-12(19)15-16-13(18)22-8-10-14-11(17-21-10)9-5-4-7-20-9/h4-5,7H,2-3,6,8H2,1H3,(H,15,19). The van der Waals surface area contributed by atoms with Crippen molar-refractivity contribution < 1.29 is 8.94 Å². The SMILES string of the molecule is CCCCn1c(SCc2nc(-c3ccco3)no2)n[nH]c1=O. The van der Waals surface area contributed by atoms with E-state index in [2.05, 4.69) is 27.3 Å². The fourth-order valence-corrected chi connectivity index (χ4v) is 2.68. The van der Waals surface area contributed by atoms with Gasteiger partial charge in [0.1, 0.15) is 0 Å². The van der Waals surface area contributed by atoms with E-state index in [1.807, 2.05) is 0 Å². The van der Waals surface area contributed by atoms with Crippen LogP contribution >= 0.6 is 11.8 Å². The predicted octanol–water partition coefficient (Wildman–Crippen LogP) is 2.31. The highest BCUT2D eigenvalue weighted by Crippen LogP contribution is 2.21. The molecular formula is C13H15N5O3S. The first-order chi connectivity index (χ1) is 10.8. The third-order valence-corrected chi connectivity index (χ3v) is 3.95. The average Bonchev–Trinajstić information content (AvgIpc) is 3.24. The summed E-state index contributed by atoms with van der Waals surface area (Å²) in [4.78, 5) is 15.9. The summed E-state index contributed by atoms with van der Waals surface area (Å²) in [6, 6.07) is 3.52. The summed E-state index contributed by atoms with van der Waals surface area (Å²) in [6.45, 7) is 2.72. The molecule has 0 radical (unpaired) electrons. The lowest BCUT2D eigenvalue weighted by Gasteiger charge is -2.02. The van der Waals surface area contributed by atoms with E-state index in [1.165, 1.54) is 11.8 Å². The third kappa shape index (κ3) is 3.14. The molecule has 0 saturated carbocycles. The van der Waals surface area contributed by atoms with Gasteiger partial charge >= 0.3 is 5.69 Å². The topological polar surface area (TPSA) is 103 Å². The van der Waals surface area contributed by atoms with Crippen LogP contribution in [0.4, 0.5) is 0 Å². The Kier molecular flexibility index (Phi) is 4.42. The van der Waals surface area contributed by atoms with Crippen LogP contribution in [0.25, 0.3) is 11.6 Å². The lowest BCUT2D eigenvalue weighted by atomic mass is 10.3. The van der Waals surface area contributed by atoms with Gasteiger partial charge in [0.15, 0.2) is 10.9 Å². The van der Waals surface area contributed by atoms with Gasteiger partial charge in [0.25, 0.3) is 0 Å². The number of nitrogens with one attached hydrogen (secondary N) is 1. The van der Waals surface area contributed by atoms with Crippen LogP contribution in [0.2, 0.25) is 0 Å². The number of furan rings is 1. The Labute approximate surface area is 129 Å². The van der Waals surface area contributed by atoms with Crippen LogP contribution in [-0.4, -0.2) is 24.9 Å². The molecule has 0 saturated heterocycles. The zero-order valence-electron chi connectivity index (χ0n) is 12.0. The Balaban J connectivity index is 1.67. The van der Waals surface area contributed by atoms with Gasteiger partial charge < -0.3 is 8.94 Å². The van der Waals surface area contributed by atoms with E-state index in [-0.39, 0.29) is 5.69 Å². The highest BCUT2D eigenvalue weighted by molar-refractivity contribution is 7.98. The van der Waals surface area contributed by atoms with Gasteiger partial charge in [-0.2, -0.15) is 4.98 Å². The van der Waals surface area contributed by atoms with Crippen molar-refractivity contribution in [2.45, 2.75) is 37.2 Å². The first kappa shape index (κ1) is 14.6. The summed E-state index contributed by atoms with van der Waals surface area (Å²) in [7, 11) is 0. The maximum absolute atomic E-state index is 11.7. The average molecular weight is 321 g/mol. The van der Waals surface area contributed by atoms with Crippen molar-refractivity contribution in [1.29, 1.82) is 0 Å². The van der Waals surface area contributed by atoms with E-state index in [9.17, 15) is 4.79 Å². The summed E-state index contributed by atoms with van der Waals surface area (Å²) in [6.07, 6.45) is 3.49. The number of hydrogen-bond acceptors (Lipinski definition) is 7. The Morgan fingerprint density at radius 2 is 2.36 bits per heavy atom. The second-order valence-corrected chi connectivity index (χ2v) is 5.54. The van der Waals surface area contributed by atoms with Crippen LogP contribution in [0.1, 0.15) is 25.7 Å². The molecule has 9 heteroatoms. The Morgan fingerprint density at radius 1 is 1.45 bits per heavy atom. The maximum atomic E-state index is 11.7. The quantitative estimate of drug-likeness (QED) is 0.666. The van der Waals surface area contributed by atoms with E-state index in [1.54, 1.807) is 23.0 Å². The third-order valence-electron chi connectivity index (χ3n) is 2.99. The van der Waals surface area contributed by atoms with Gasteiger partial charge in [-0.25, -0.2) is 9.89 Å². The molecule has 3 heterocycles. The zero-order valence-corrected chi connectivity index (χ0v) is 12.8. The van der Waals surface area contributed by atoms with Crippen LogP contribution in [0.3, 0.4) is 0 Å². The Hall–Kier alpha value is -2.29. The molecule has 8 nitrogen and oxygen atoms in total. The van der Waals surface area contributed by atoms with Gasteiger partial charge in [-0.15, -0.1) is 5.10 Å². The molecule has 3 aromatic heterocycles. The molecule has 3 rings (SSSR count). The molecule has 0 atom stereocenters. The molecule has 116 valence electrons. The van der Waals surface area contributed by atoms with Gasteiger partial charge in [-0.1, -0.05) is 30.3 Å². The fourth-order valence-electron chi connectivity index (χ4n) is 1.87. The molecule has 0 amide bonds. The molecular weight excluding hydrogens is 306 g/mol. The molecule has 0 aliphatic heterocycles. The molecule has 0 aliphatic rings. The Bertz CT molecular complexity index is 774. The minimum atomic E-state index is -0.197. The van der Waals surface area contributed by atoms with E-state index < -0.39 is 0 Å². The number of nitrogens with zero attached hydrogens (tertiary/aromatic N) is 4. The van der Waals surface area contributed by atoms with Crippen LogP contribution in [-0.2, 0) is 12.3 Å². The van der Waals surface area contributed by atoms with Crippen molar-refractivity contribution in [3.05, 3.63) is 34.8 Å². The normalized spacial score (nSPS) is 11.1. The van der Waals surface area contributed by atoms with Gasteiger partial charge in [0.2, 0.25) is 11.7 Å². The summed E-state index contributed by atoms with van der Waals surface area (Å²) in [5.74, 6) is 1.85. The lowest BCUT2D eigenvalue weighted by molar-refractivity contribution is 0.390. The summed E-state index contributed by atoms with van der Waals surface area (Å²) in [5, 5.41) is 11.0. The molecule has 0 aliphatic carbocycles. The smallest absolute Gasteiger partial charge is 0.343 e. The summed E-state index contributed by atoms with van der Waals surface area (Å²) in [5.41, 5.74) is -0.197. The van der Waals surface area contributed by atoms with Crippen LogP contribution in [0, 0.1) is 0 Å². The molecule has 0 unspecified atom stereocenters. The van der Waals surface area contributed by atoms with Crippen LogP contribution in [0.15, 0.2) is 37.3 Å². The summed E-state index contributed by atoms with van der Waals surface area (Å²) < 4.78 is 12.0. The molecule has 1 N–H and O–H groups in total. The van der Waals surface area contributed by atoms with E-state index in [0.717, 1.165) is 12.8 Å². The number of unbranched alkanes of at least 4 members (excludes halogenated alkanes) is 1. The predicted molar refractivity (Wildman–Crippen MR) is 79.3 cm³/mol.